The predicted octanol–water partition coefficient (Wildman–Crippen LogP) is 2.47. The molecule has 0 bridgehead atoms. The van der Waals surface area contributed by atoms with E-state index < -0.39 is 0 Å². The number of fused-ring (bicyclic) bond motifs is 1. The summed E-state index contributed by atoms with van der Waals surface area (Å²) in [7, 11) is 0. The molecule has 1 heterocycles. The van der Waals surface area contributed by atoms with Gasteiger partial charge >= 0.3 is 0 Å². The second-order valence-corrected chi connectivity index (χ2v) is 5.80. The third-order valence-corrected chi connectivity index (χ3v) is 4.01. The maximum atomic E-state index is 12.0. The van der Waals surface area contributed by atoms with Crippen molar-refractivity contribution >= 4 is 17.5 Å². The van der Waals surface area contributed by atoms with Gasteiger partial charge in [-0.3, -0.25) is 9.59 Å². The van der Waals surface area contributed by atoms with Crippen LogP contribution in [0, 0.1) is 0 Å². The molecule has 0 spiro atoms. The minimum Gasteiger partial charge on any atom is -0.355 e. The minimum atomic E-state index is 0.0285. The number of rotatable bonds is 5. The first-order chi connectivity index (χ1) is 11.2. The molecule has 118 valence electrons. The molecule has 1 aliphatic heterocycles. The fourth-order valence-corrected chi connectivity index (χ4v) is 2.79. The van der Waals surface area contributed by atoms with E-state index >= 15 is 0 Å². The van der Waals surface area contributed by atoms with E-state index in [-0.39, 0.29) is 11.8 Å². The zero-order chi connectivity index (χ0) is 16.1. The number of anilines is 1. The van der Waals surface area contributed by atoms with E-state index in [0.717, 1.165) is 29.7 Å². The van der Waals surface area contributed by atoms with Gasteiger partial charge in [-0.1, -0.05) is 42.5 Å². The average molecular weight is 308 g/mol. The smallest absolute Gasteiger partial charge is 0.224 e. The van der Waals surface area contributed by atoms with Crippen molar-refractivity contribution in [2.45, 2.75) is 25.7 Å². The maximum absolute atomic E-state index is 12.0. The van der Waals surface area contributed by atoms with Crippen molar-refractivity contribution in [1.29, 1.82) is 0 Å². The van der Waals surface area contributed by atoms with Crippen molar-refractivity contribution in [2.24, 2.45) is 0 Å². The average Bonchev–Trinajstić information content (AvgIpc) is 2.56. The molecule has 2 N–H and O–H groups in total. The first kappa shape index (κ1) is 15.3. The van der Waals surface area contributed by atoms with Crippen LogP contribution in [0.2, 0.25) is 0 Å². The highest BCUT2D eigenvalue weighted by molar-refractivity contribution is 5.94. The van der Waals surface area contributed by atoms with Crippen molar-refractivity contribution in [3.8, 4) is 0 Å². The van der Waals surface area contributed by atoms with Crippen LogP contribution in [0.15, 0.2) is 48.5 Å². The third-order valence-electron chi connectivity index (χ3n) is 4.01. The van der Waals surface area contributed by atoms with Crippen LogP contribution in [-0.2, 0) is 28.9 Å². The molecule has 23 heavy (non-hydrogen) atoms. The van der Waals surface area contributed by atoms with E-state index in [0.29, 0.717) is 19.4 Å². The summed E-state index contributed by atoms with van der Waals surface area (Å²) in [6.07, 6.45) is 2.46. The Kier molecular flexibility index (Phi) is 4.71. The Morgan fingerprint density at radius 2 is 1.87 bits per heavy atom. The third kappa shape index (κ3) is 4.19. The SMILES string of the molecule is O=C(Cc1ccc2c(c1)CCC(=O)N2)NCCc1ccccc1. The van der Waals surface area contributed by atoms with Crippen LogP contribution in [0.3, 0.4) is 0 Å². The number of carbonyl (C=O) groups excluding carboxylic acids is 2. The predicted molar refractivity (Wildman–Crippen MR) is 90.3 cm³/mol. The lowest BCUT2D eigenvalue weighted by Crippen LogP contribution is -2.27. The normalized spacial score (nSPS) is 13.1. The molecular formula is C19H20N2O2. The summed E-state index contributed by atoms with van der Waals surface area (Å²) in [6.45, 7) is 0.643. The first-order valence-electron chi connectivity index (χ1n) is 7.93. The Morgan fingerprint density at radius 1 is 1.04 bits per heavy atom. The van der Waals surface area contributed by atoms with Gasteiger partial charge < -0.3 is 10.6 Å². The van der Waals surface area contributed by atoms with Crippen LogP contribution in [0.1, 0.15) is 23.1 Å². The molecule has 0 radical (unpaired) electrons. The van der Waals surface area contributed by atoms with E-state index in [1.54, 1.807) is 0 Å². The fourth-order valence-electron chi connectivity index (χ4n) is 2.79. The molecule has 0 aliphatic carbocycles. The zero-order valence-electron chi connectivity index (χ0n) is 13.0. The molecule has 4 nitrogen and oxygen atoms in total. The van der Waals surface area contributed by atoms with Crippen molar-refractivity contribution in [3.05, 3.63) is 65.2 Å². The number of aryl methyl sites for hydroxylation is 1. The standard InChI is InChI=1S/C19H20N2O2/c22-18-9-7-16-12-15(6-8-17(16)21-18)13-19(23)20-11-10-14-4-2-1-3-5-14/h1-6,8,12H,7,9-11,13H2,(H,20,23)(H,21,22). The molecule has 1 aliphatic rings. The molecule has 0 unspecified atom stereocenters. The summed E-state index contributed by atoms with van der Waals surface area (Å²) in [6, 6.07) is 15.9. The summed E-state index contributed by atoms with van der Waals surface area (Å²) in [5, 5.41) is 5.81. The van der Waals surface area contributed by atoms with Gasteiger partial charge in [0, 0.05) is 18.7 Å². The molecule has 3 rings (SSSR count). The second-order valence-electron chi connectivity index (χ2n) is 5.80. The molecule has 0 saturated carbocycles. The second kappa shape index (κ2) is 7.09. The molecule has 0 saturated heterocycles. The number of nitrogens with one attached hydrogen (secondary N) is 2. The fraction of sp³-hybridized carbons (Fsp3) is 0.263. The number of hydrogen-bond acceptors (Lipinski definition) is 2. The van der Waals surface area contributed by atoms with Crippen LogP contribution in [0.5, 0.6) is 0 Å². The van der Waals surface area contributed by atoms with Gasteiger partial charge in [-0.2, -0.15) is 0 Å². The van der Waals surface area contributed by atoms with Gasteiger partial charge in [-0.15, -0.1) is 0 Å². The quantitative estimate of drug-likeness (QED) is 0.891. The molecule has 2 aromatic rings. The topological polar surface area (TPSA) is 58.2 Å². The monoisotopic (exact) mass is 308 g/mol. The highest BCUT2D eigenvalue weighted by atomic mass is 16.2. The minimum absolute atomic E-state index is 0.0285. The highest BCUT2D eigenvalue weighted by Gasteiger charge is 2.15. The van der Waals surface area contributed by atoms with E-state index in [1.165, 1.54) is 5.56 Å². The zero-order valence-corrected chi connectivity index (χ0v) is 13.0. The van der Waals surface area contributed by atoms with E-state index in [1.807, 2.05) is 36.4 Å². The number of benzene rings is 2. The number of carbonyl (C=O) groups is 2. The van der Waals surface area contributed by atoms with Crippen LogP contribution < -0.4 is 10.6 Å². The molecule has 4 heteroatoms. The molecule has 2 aromatic carbocycles. The van der Waals surface area contributed by atoms with Crippen molar-refractivity contribution < 1.29 is 9.59 Å². The summed E-state index contributed by atoms with van der Waals surface area (Å²) in [5.41, 5.74) is 4.18. The van der Waals surface area contributed by atoms with Gasteiger partial charge in [0.05, 0.1) is 6.42 Å². The summed E-state index contributed by atoms with van der Waals surface area (Å²) in [4.78, 5) is 23.4. The highest BCUT2D eigenvalue weighted by Crippen LogP contribution is 2.23. The lowest BCUT2D eigenvalue weighted by Gasteiger charge is -2.17. The lowest BCUT2D eigenvalue weighted by molar-refractivity contribution is -0.120. The van der Waals surface area contributed by atoms with Crippen molar-refractivity contribution in [3.63, 3.8) is 0 Å². The summed E-state index contributed by atoms with van der Waals surface area (Å²) >= 11 is 0. The molecule has 2 amide bonds. The van der Waals surface area contributed by atoms with Gasteiger partial charge in [0.2, 0.25) is 11.8 Å². The lowest BCUT2D eigenvalue weighted by atomic mass is 9.99. The summed E-state index contributed by atoms with van der Waals surface area (Å²) in [5.74, 6) is 0.0876. The Hall–Kier alpha value is -2.62. The molecule has 0 fully saturated rings. The Bertz CT molecular complexity index is 711. The van der Waals surface area contributed by atoms with Crippen LogP contribution in [0.25, 0.3) is 0 Å². The van der Waals surface area contributed by atoms with Crippen LogP contribution in [-0.4, -0.2) is 18.4 Å². The van der Waals surface area contributed by atoms with Crippen LogP contribution in [0.4, 0.5) is 5.69 Å². The van der Waals surface area contributed by atoms with Gasteiger partial charge in [-0.25, -0.2) is 0 Å². The molecule has 0 aromatic heterocycles. The summed E-state index contributed by atoms with van der Waals surface area (Å²) < 4.78 is 0. The van der Waals surface area contributed by atoms with Crippen LogP contribution >= 0.6 is 0 Å². The largest absolute Gasteiger partial charge is 0.355 e. The Balaban J connectivity index is 1.51. The number of amides is 2. The van der Waals surface area contributed by atoms with Gasteiger partial charge in [0.15, 0.2) is 0 Å². The van der Waals surface area contributed by atoms with Crippen molar-refractivity contribution in [1.82, 2.24) is 5.32 Å². The van der Waals surface area contributed by atoms with Gasteiger partial charge in [0.25, 0.3) is 0 Å². The van der Waals surface area contributed by atoms with E-state index in [2.05, 4.69) is 22.8 Å². The van der Waals surface area contributed by atoms with Gasteiger partial charge in [0.1, 0.15) is 0 Å². The number of hydrogen-bond donors (Lipinski definition) is 2. The van der Waals surface area contributed by atoms with E-state index in [4.69, 9.17) is 0 Å². The Morgan fingerprint density at radius 3 is 2.70 bits per heavy atom. The van der Waals surface area contributed by atoms with E-state index in [9.17, 15) is 9.59 Å². The molecular weight excluding hydrogens is 288 g/mol. The van der Waals surface area contributed by atoms with Crippen molar-refractivity contribution in [2.75, 3.05) is 11.9 Å². The van der Waals surface area contributed by atoms with Gasteiger partial charge in [-0.05, 0) is 35.6 Å². The Labute approximate surface area is 135 Å². The molecule has 0 atom stereocenters. The maximum Gasteiger partial charge on any atom is 0.224 e. The first-order valence-corrected chi connectivity index (χ1v) is 7.93.